The van der Waals surface area contributed by atoms with Crippen LogP contribution < -0.4 is 20.8 Å². The molecule has 0 aromatic heterocycles. The molecule has 0 saturated heterocycles. The Hall–Kier alpha value is -4.17. The third-order valence-corrected chi connectivity index (χ3v) is 4.23. The van der Waals surface area contributed by atoms with Gasteiger partial charge < -0.3 is 15.4 Å². The molecule has 8 nitrogen and oxygen atoms in total. The van der Waals surface area contributed by atoms with E-state index in [4.69, 9.17) is 16.3 Å². The van der Waals surface area contributed by atoms with Crippen molar-refractivity contribution in [3.63, 3.8) is 0 Å². The maximum absolute atomic E-state index is 12.1. The summed E-state index contributed by atoms with van der Waals surface area (Å²) < 4.78 is 5.56. The highest BCUT2D eigenvalue weighted by molar-refractivity contribution is 6.39. The number of carbonyl (C=O) groups excluding carboxylic acids is 3. The van der Waals surface area contributed by atoms with Gasteiger partial charge in [0, 0.05) is 22.0 Å². The normalized spacial score (nSPS) is 10.4. The third-order valence-electron chi connectivity index (χ3n) is 3.99. The second-order valence-corrected chi connectivity index (χ2v) is 6.84. The van der Waals surface area contributed by atoms with Crippen molar-refractivity contribution in [2.75, 3.05) is 17.2 Å². The van der Waals surface area contributed by atoms with Gasteiger partial charge in [-0.3, -0.25) is 14.4 Å². The molecule has 3 amide bonds. The number of ether oxygens (including phenoxy) is 1. The lowest BCUT2D eigenvalue weighted by atomic mass is 10.2. The van der Waals surface area contributed by atoms with E-state index in [0.717, 1.165) is 0 Å². The zero-order valence-electron chi connectivity index (χ0n) is 16.7. The number of nitrogens with zero attached hydrogens (tertiary/aromatic N) is 1. The van der Waals surface area contributed by atoms with Gasteiger partial charge in [-0.05, 0) is 42.5 Å². The van der Waals surface area contributed by atoms with Crippen molar-refractivity contribution in [2.24, 2.45) is 5.10 Å². The lowest BCUT2D eigenvalue weighted by Gasteiger charge is -2.09. The summed E-state index contributed by atoms with van der Waals surface area (Å²) in [5.74, 6) is -1.79. The fourth-order valence-electron chi connectivity index (χ4n) is 2.55. The Kier molecular flexibility index (Phi) is 7.94. The summed E-state index contributed by atoms with van der Waals surface area (Å²) in [6, 6.07) is 22.2. The van der Waals surface area contributed by atoms with Crippen molar-refractivity contribution in [1.29, 1.82) is 0 Å². The van der Waals surface area contributed by atoms with Gasteiger partial charge in [-0.1, -0.05) is 48.0 Å². The number of anilines is 2. The summed E-state index contributed by atoms with van der Waals surface area (Å²) in [4.78, 5) is 36.0. The number of halogens is 1. The van der Waals surface area contributed by atoms with Crippen LogP contribution in [-0.4, -0.2) is 30.5 Å². The molecule has 162 valence electrons. The van der Waals surface area contributed by atoms with E-state index >= 15 is 0 Å². The van der Waals surface area contributed by atoms with Crippen molar-refractivity contribution >= 4 is 46.9 Å². The Labute approximate surface area is 189 Å². The third kappa shape index (κ3) is 6.96. The van der Waals surface area contributed by atoms with Crippen LogP contribution in [-0.2, 0) is 14.4 Å². The first-order chi connectivity index (χ1) is 15.5. The summed E-state index contributed by atoms with van der Waals surface area (Å²) in [7, 11) is 0. The quantitative estimate of drug-likeness (QED) is 0.291. The van der Waals surface area contributed by atoms with Gasteiger partial charge >= 0.3 is 11.8 Å². The van der Waals surface area contributed by atoms with Crippen LogP contribution in [0.3, 0.4) is 0 Å². The van der Waals surface area contributed by atoms with E-state index in [1.165, 1.54) is 12.3 Å². The van der Waals surface area contributed by atoms with E-state index in [2.05, 4.69) is 21.2 Å². The molecule has 3 aromatic rings. The second-order valence-electron chi connectivity index (χ2n) is 6.40. The van der Waals surface area contributed by atoms with Crippen LogP contribution in [0.2, 0.25) is 5.02 Å². The van der Waals surface area contributed by atoms with Crippen molar-refractivity contribution in [3.8, 4) is 5.75 Å². The van der Waals surface area contributed by atoms with Gasteiger partial charge in [0.1, 0.15) is 5.75 Å². The Bertz CT molecular complexity index is 1140. The molecular weight excluding hydrogens is 432 g/mol. The molecule has 0 aliphatic heterocycles. The zero-order chi connectivity index (χ0) is 22.8. The molecule has 0 aliphatic carbocycles. The average Bonchev–Trinajstić information content (AvgIpc) is 2.79. The molecule has 0 bridgehead atoms. The number of benzene rings is 3. The highest BCUT2D eigenvalue weighted by atomic mass is 35.5. The van der Waals surface area contributed by atoms with Crippen molar-refractivity contribution in [2.45, 2.75) is 0 Å². The molecule has 32 heavy (non-hydrogen) atoms. The Balaban J connectivity index is 1.53. The molecular formula is C23H19ClN4O4. The van der Waals surface area contributed by atoms with Crippen molar-refractivity contribution < 1.29 is 19.1 Å². The number of para-hydroxylation sites is 2. The molecule has 0 heterocycles. The molecule has 3 rings (SSSR count). The first kappa shape index (κ1) is 22.5. The predicted molar refractivity (Wildman–Crippen MR) is 123 cm³/mol. The molecule has 0 fully saturated rings. The molecule has 0 unspecified atom stereocenters. The Morgan fingerprint density at radius 1 is 0.844 bits per heavy atom. The molecule has 0 radical (unpaired) electrons. The van der Waals surface area contributed by atoms with Gasteiger partial charge in [-0.25, -0.2) is 5.43 Å². The van der Waals surface area contributed by atoms with Crippen molar-refractivity contribution in [3.05, 3.63) is 89.4 Å². The lowest BCUT2D eigenvalue weighted by molar-refractivity contribution is -0.136. The highest BCUT2D eigenvalue weighted by Crippen LogP contribution is 2.16. The fraction of sp³-hybridized carbons (Fsp3) is 0.0435. The van der Waals surface area contributed by atoms with Crippen molar-refractivity contribution in [1.82, 2.24) is 5.43 Å². The van der Waals surface area contributed by atoms with Crippen LogP contribution in [0, 0.1) is 0 Å². The number of hydrogen-bond acceptors (Lipinski definition) is 5. The summed E-state index contributed by atoms with van der Waals surface area (Å²) in [5.41, 5.74) is 3.70. The number of rotatable bonds is 7. The molecule has 9 heteroatoms. The predicted octanol–water partition coefficient (Wildman–Crippen LogP) is 3.45. The van der Waals surface area contributed by atoms with E-state index < -0.39 is 11.8 Å². The lowest BCUT2D eigenvalue weighted by Crippen LogP contribution is -2.32. The van der Waals surface area contributed by atoms with Crippen LogP contribution in [0.1, 0.15) is 5.56 Å². The van der Waals surface area contributed by atoms with E-state index in [1.54, 1.807) is 54.6 Å². The summed E-state index contributed by atoms with van der Waals surface area (Å²) >= 11 is 5.85. The Morgan fingerprint density at radius 3 is 2.34 bits per heavy atom. The van der Waals surface area contributed by atoms with Gasteiger partial charge in [0.15, 0.2) is 6.61 Å². The topological polar surface area (TPSA) is 109 Å². The standard InChI is InChI=1S/C23H19ClN4O4/c24-17-8-6-11-19(13-17)27-22(30)23(31)28-25-14-16-7-4-5-12-20(16)32-15-21(29)26-18-9-2-1-3-10-18/h1-14H,15H2,(H,26,29)(H,27,30)(H,28,31)/b25-14-. The van der Waals surface area contributed by atoms with Crippen LogP contribution >= 0.6 is 11.6 Å². The monoisotopic (exact) mass is 450 g/mol. The molecule has 0 aliphatic rings. The first-order valence-corrected chi connectivity index (χ1v) is 9.86. The summed E-state index contributed by atoms with van der Waals surface area (Å²) in [6.07, 6.45) is 1.31. The summed E-state index contributed by atoms with van der Waals surface area (Å²) in [6.45, 7) is -0.214. The molecule has 0 spiro atoms. The van der Waals surface area contributed by atoms with Crippen LogP contribution in [0.15, 0.2) is 84.0 Å². The number of nitrogens with one attached hydrogen (secondary N) is 3. The maximum Gasteiger partial charge on any atom is 0.329 e. The minimum absolute atomic E-state index is 0.214. The van der Waals surface area contributed by atoms with Crippen LogP contribution in [0.4, 0.5) is 11.4 Å². The Morgan fingerprint density at radius 2 is 1.56 bits per heavy atom. The zero-order valence-corrected chi connectivity index (χ0v) is 17.5. The SMILES string of the molecule is O=C(COc1ccccc1/C=N\NC(=O)C(=O)Nc1cccc(Cl)c1)Nc1ccccc1. The van der Waals surface area contributed by atoms with E-state index in [1.807, 2.05) is 18.2 Å². The number of hydrogen-bond donors (Lipinski definition) is 3. The second kappa shape index (κ2) is 11.3. The smallest absolute Gasteiger partial charge is 0.329 e. The van der Waals surface area contributed by atoms with E-state index in [0.29, 0.717) is 27.7 Å². The fourth-order valence-corrected chi connectivity index (χ4v) is 2.74. The van der Waals surface area contributed by atoms with Gasteiger partial charge in [0.05, 0.1) is 6.21 Å². The van der Waals surface area contributed by atoms with Gasteiger partial charge in [0.2, 0.25) is 0 Å². The number of amides is 3. The largest absolute Gasteiger partial charge is 0.483 e. The molecule has 0 atom stereocenters. The van der Waals surface area contributed by atoms with Crippen LogP contribution in [0.25, 0.3) is 0 Å². The minimum Gasteiger partial charge on any atom is -0.483 e. The number of hydrazone groups is 1. The average molecular weight is 451 g/mol. The summed E-state index contributed by atoms with van der Waals surface area (Å²) in [5, 5.41) is 9.35. The molecule has 0 saturated carbocycles. The molecule has 3 aromatic carbocycles. The van der Waals surface area contributed by atoms with Gasteiger partial charge in [-0.2, -0.15) is 5.10 Å². The maximum atomic E-state index is 12.1. The van der Waals surface area contributed by atoms with E-state index in [9.17, 15) is 14.4 Å². The van der Waals surface area contributed by atoms with Gasteiger partial charge in [-0.15, -0.1) is 0 Å². The van der Waals surface area contributed by atoms with Crippen LogP contribution in [0.5, 0.6) is 5.75 Å². The first-order valence-electron chi connectivity index (χ1n) is 9.48. The number of carbonyl (C=O) groups is 3. The van der Waals surface area contributed by atoms with Gasteiger partial charge in [0.25, 0.3) is 5.91 Å². The minimum atomic E-state index is -0.957. The highest BCUT2D eigenvalue weighted by Gasteiger charge is 2.13. The van der Waals surface area contributed by atoms with E-state index in [-0.39, 0.29) is 12.5 Å². The molecule has 3 N–H and O–H groups in total.